The van der Waals surface area contributed by atoms with E-state index in [2.05, 4.69) is 26.0 Å². The van der Waals surface area contributed by atoms with Gasteiger partial charge in [-0.15, -0.1) is 0 Å². The van der Waals surface area contributed by atoms with Crippen molar-refractivity contribution in [3.63, 3.8) is 0 Å². The molecule has 2 aromatic carbocycles. The summed E-state index contributed by atoms with van der Waals surface area (Å²) in [7, 11) is 1.44. The second kappa shape index (κ2) is 8.89. The fourth-order valence-corrected chi connectivity index (χ4v) is 4.89. The molecule has 1 fully saturated rings. The molecule has 4 rings (SSSR count). The molecule has 1 saturated heterocycles. The van der Waals surface area contributed by atoms with Crippen LogP contribution in [0.1, 0.15) is 43.7 Å². The number of carboxylic acid groups (broad SMARTS) is 1. The number of rotatable bonds is 6. The molecule has 1 aliphatic heterocycles. The molecule has 0 saturated carbocycles. The average Bonchev–Trinajstić information content (AvgIpc) is 3.32. The maximum absolute atomic E-state index is 13.1. The van der Waals surface area contributed by atoms with E-state index in [0.717, 1.165) is 33.6 Å². The van der Waals surface area contributed by atoms with E-state index in [0.29, 0.717) is 13.1 Å². The Labute approximate surface area is 193 Å². The van der Waals surface area contributed by atoms with Crippen molar-refractivity contribution in [2.45, 2.75) is 38.6 Å². The Hall–Kier alpha value is -3.35. The van der Waals surface area contributed by atoms with Crippen LogP contribution < -0.4 is 0 Å². The Morgan fingerprint density at radius 2 is 1.67 bits per heavy atom. The number of benzene rings is 2. The number of hydrogen-bond donors (Lipinski definition) is 1. The number of carboxylic acids is 1. The number of likely N-dealkylation sites (N-methyl/N-ethyl adjacent to an activating group) is 1. The molecule has 2 amide bonds. The summed E-state index contributed by atoms with van der Waals surface area (Å²) in [6, 6.07) is 15.0. The highest BCUT2D eigenvalue weighted by Gasteiger charge is 2.39. The molecule has 1 heterocycles. The number of nitrogens with zero attached hydrogens (tertiary/aromatic N) is 2. The molecule has 7 heteroatoms. The molecule has 0 aromatic heterocycles. The quantitative estimate of drug-likeness (QED) is 0.720. The average molecular weight is 451 g/mol. The smallest absolute Gasteiger partial charge is 0.410 e. The Morgan fingerprint density at radius 3 is 2.18 bits per heavy atom. The first-order valence-electron chi connectivity index (χ1n) is 11.3. The zero-order valence-electron chi connectivity index (χ0n) is 19.3. The molecule has 174 valence electrons. The number of ether oxygens (including phenoxy) is 1. The summed E-state index contributed by atoms with van der Waals surface area (Å²) in [6.07, 6.45) is -0.321. The van der Waals surface area contributed by atoms with E-state index in [9.17, 15) is 19.5 Å². The molecule has 0 unspecified atom stereocenters. The summed E-state index contributed by atoms with van der Waals surface area (Å²) < 4.78 is 5.64. The zero-order chi connectivity index (χ0) is 23.8. The highest BCUT2D eigenvalue weighted by molar-refractivity contribution is 5.89. The van der Waals surface area contributed by atoms with E-state index >= 15 is 0 Å². The van der Waals surface area contributed by atoms with Gasteiger partial charge in [-0.05, 0) is 34.1 Å². The zero-order valence-corrected chi connectivity index (χ0v) is 19.3. The maximum atomic E-state index is 13.1. The van der Waals surface area contributed by atoms with Crippen LogP contribution in [-0.4, -0.2) is 65.7 Å². The molecule has 1 N–H and O–H groups in total. The van der Waals surface area contributed by atoms with Crippen molar-refractivity contribution in [3.05, 3.63) is 59.7 Å². The van der Waals surface area contributed by atoms with Gasteiger partial charge in [0.05, 0.1) is 6.42 Å². The van der Waals surface area contributed by atoms with E-state index in [1.165, 1.54) is 7.05 Å². The van der Waals surface area contributed by atoms with Crippen LogP contribution in [0.3, 0.4) is 0 Å². The van der Waals surface area contributed by atoms with Crippen LogP contribution in [0.15, 0.2) is 48.5 Å². The summed E-state index contributed by atoms with van der Waals surface area (Å²) in [6.45, 7) is 5.35. The normalized spacial score (nSPS) is 17.2. The lowest BCUT2D eigenvalue weighted by atomic mass is 9.93. The predicted molar refractivity (Wildman–Crippen MR) is 124 cm³/mol. The van der Waals surface area contributed by atoms with Gasteiger partial charge in [0, 0.05) is 26.1 Å². The number of amides is 2. The minimum atomic E-state index is -1.13. The van der Waals surface area contributed by atoms with Crippen LogP contribution in [0.2, 0.25) is 0 Å². The van der Waals surface area contributed by atoms with Crippen molar-refractivity contribution in [1.29, 1.82) is 0 Å². The minimum Gasteiger partial charge on any atom is -0.481 e. The van der Waals surface area contributed by atoms with E-state index in [-0.39, 0.29) is 23.8 Å². The summed E-state index contributed by atoms with van der Waals surface area (Å²) in [5.41, 5.74) is 4.40. The highest BCUT2D eigenvalue weighted by Crippen LogP contribution is 2.44. The van der Waals surface area contributed by atoms with Gasteiger partial charge in [-0.1, -0.05) is 62.4 Å². The van der Waals surface area contributed by atoms with Crippen LogP contribution in [0.25, 0.3) is 11.1 Å². The molecule has 0 radical (unpaired) electrons. The standard InChI is InChI=1S/C26H30N2O5/c1-26(2)12-13-28(16-26)24(31)22(14-23(29)30)27(3)25(32)33-15-21-19-10-6-4-8-17(19)18-9-5-7-11-20(18)21/h4-11,21-22H,12-16H2,1-3H3,(H,29,30)/t22-/m0/s1. The van der Waals surface area contributed by atoms with Crippen molar-refractivity contribution in [2.24, 2.45) is 5.41 Å². The van der Waals surface area contributed by atoms with E-state index in [1.807, 2.05) is 36.4 Å². The monoisotopic (exact) mass is 450 g/mol. The molecule has 2 aliphatic rings. The van der Waals surface area contributed by atoms with Crippen LogP contribution in [0, 0.1) is 5.41 Å². The number of aliphatic carboxylic acids is 1. The van der Waals surface area contributed by atoms with E-state index < -0.39 is 24.5 Å². The topological polar surface area (TPSA) is 87.1 Å². The molecular formula is C26H30N2O5. The van der Waals surface area contributed by atoms with Gasteiger partial charge in [0.25, 0.3) is 0 Å². The molecule has 0 spiro atoms. The Morgan fingerprint density at radius 1 is 1.09 bits per heavy atom. The number of fused-ring (bicyclic) bond motifs is 3. The number of carbonyl (C=O) groups excluding carboxylic acids is 2. The first-order valence-corrected chi connectivity index (χ1v) is 11.3. The number of hydrogen-bond acceptors (Lipinski definition) is 4. The Balaban J connectivity index is 1.48. The largest absolute Gasteiger partial charge is 0.481 e. The third-order valence-electron chi connectivity index (χ3n) is 6.73. The first kappa shape index (κ1) is 22.8. The summed E-state index contributed by atoms with van der Waals surface area (Å²) in [5, 5.41) is 9.38. The number of likely N-dealkylation sites (tertiary alicyclic amines) is 1. The highest BCUT2D eigenvalue weighted by atomic mass is 16.6. The summed E-state index contributed by atoms with van der Waals surface area (Å²) in [4.78, 5) is 40.3. The SMILES string of the molecule is CN(C(=O)OCC1c2ccccc2-c2ccccc21)[C@@H](CC(=O)O)C(=O)N1CCC(C)(C)C1. The van der Waals surface area contributed by atoms with Gasteiger partial charge in [0.15, 0.2) is 0 Å². The van der Waals surface area contributed by atoms with E-state index in [1.54, 1.807) is 4.90 Å². The van der Waals surface area contributed by atoms with E-state index in [4.69, 9.17) is 4.74 Å². The van der Waals surface area contributed by atoms with Gasteiger partial charge in [-0.3, -0.25) is 14.5 Å². The molecule has 1 atom stereocenters. The van der Waals surface area contributed by atoms with Crippen LogP contribution in [0.5, 0.6) is 0 Å². The van der Waals surface area contributed by atoms with Crippen LogP contribution in [-0.2, 0) is 14.3 Å². The molecule has 1 aliphatic carbocycles. The Kier molecular flexibility index (Phi) is 6.15. The van der Waals surface area contributed by atoms with Gasteiger partial charge in [-0.25, -0.2) is 4.79 Å². The summed E-state index contributed by atoms with van der Waals surface area (Å²) >= 11 is 0. The summed E-state index contributed by atoms with van der Waals surface area (Å²) in [5.74, 6) is -1.59. The molecule has 0 bridgehead atoms. The fraction of sp³-hybridized carbons (Fsp3) is 0.423. The van der Waals surface area contributed by atoms with Crippen molar-refractivity contribution >= 4 is 18.0 Å². The van der Waals surface area contributed by atoms with Gasteiger partial charge in [0.1, 0.15) is 12.6 Å². The lowest BCUT2D eigenvalue weighted by Gasteiger charge is -2.30. The van der Waals surface area contributed by atoms with Gasteiger partial charge < -0.3 is 14.7 Å². The molecule has 7 nitrogen and oxygen atoms in total. The molecular weight excluding hydrogens is 420 g/mol. The third kappa shape index (κ3) is 4.58. The Bertz CT molecular complexity index is 1030. The number of carbonyl (C=O) groups is 3. The van der Waals surface area contributed by atoms with Gasteiger partial charge >= 0.3 is 12.1 Å². The predicted octanol–water partition coefficient (Wildman–Crippen LogP) is 3.97. The fourth-order valence-electron chi connectivity index (χ4n) is 4.89. The molecule has 33 heavy (non-hydrogen) atoms. The van der Waals surface area contributed by atoms with Crippen LogP contribution in [0.4, 0.5) is 4.79 Å². The minimum absolute atomic E-state index is 0.0221. The lowest BCUT2D eigenvalue weighted by molar-refractivity contribution is -0.144. The van der Waals surface area contributed by atoms with Crippen LogP contribution >= 0.6 is 0 Å². The maximum Gasteiger partial charge on any atom is 0.410 e. The van der Waals surface area contributed by atoms with Crippen molar-refractivity contribution in [3.8, 4) is 11.1 Å². The lowest BCUT2D eigenvalue weighted by Crippen LogP contribution is -2.50. The van der Waals surface area contributed by atoms with Gasteiger partial charge in [-0.2, -0.15) is 0 Å². The first-order chi connectivity index (χ1) is 15.7. The van der Waals surface area contributed by atoms with Crippen molar-refractivity contribution in [2.75, 3.05) is 26.7 Å². The second-order valence-corrected chi connectivity index (χ2v) is 9.70. The molecule has 2 aromatic rings. The second-order valence-electron chi connectivity index (χ2n) is 9.70. The van der Waals surface area contributed by atoms with Crippen molar-refractivity contribution in [1.82, 2.24) is 9.80 Å². The van der Waals surface area contributed by atoms with Gasteiger partial charge in [0.2, 0.25) is 5.91 Å². The van der Waals surface area contributed by atoms with Crippen molar-refractivity contribution < 1.29 is 24.2 Å². The third-order valence-corrected chi connectivity index (χ3v) is 6.73.